The fourth-order valence-corrected chi connectivity index (χ4v) is 1.43. The first kappa shape index (κ1) is 13.3. The number of ether oxygens (including phenoxy) is 2. The van der Waals surface area contributed by atoms with Gasteiger partial charge in [-0.3, -0.25) is 0 Å². The molecule has 0 amide bonds. The van der Waals surface area contributed by atoms with Crippen LogP contribution in [0, 0.1) is 0 Å². The Morgan fingerprint density at radius 3 is 2.19 bits per heavy atom. The maximum absolute atomic E-state index is 10.7. The Kier molecular flexibility index (Phi) is 4.22. The molecule has 1 unspecified atom stereocenters. The second-order valence-electron chi connectivity index (χ2n) is 3.92. The van der Waals surface area contributed by atoms with Gasteiger partial charge in [-0.2, -0.15) is 0 Å². The second-order valence-corrected chi connectivity index (χ2v) is 3.92. The van der Waals surface area contributed by atoms with Crippen LogP contribution in [0.5, 0.6) is 0 Å². The number of hydrogen-bond donors (Lipinski definition) is 4. The Bertz CT molecular complexity index is 254. The third-order valence-corrected chi connectivity index (χ3v) is 2.22. The van der Waals surface area contributed by atoms with Crippen LogP contribution >= 0.6 is 0 Å². The number of aliphatic hydroxyl groups is 3. The number of hydrogen-bond acceptors (Lipinski definition) is 6. The molecule has 1 aliphatic rings. The first-order chi connectivity index (χ1) is 7.34. The minimum atomic E-state index is -1.68. The van der Waals surface area contributed by atoms with Crippen LogP contribution in [0.15, 0.2) is 0 Å². The van der Waals surface area contributed by atoms with Gasteiger partial charge in [-0.15, -0.1) is 0 Å². The van der Waals surface area contributed by atoms with E-state index in [9.17, 15) is 20.1 Å². The van der Waals surface area contributed by atoms with E-state index in [2.05, 4.69) is 0 Å². The molecule has 1 aliphatic heterocycles. The molecule has 0 aromatic heterocycles. The van der Waals surface area contributed by atoms with E-state index in [0.717, 1.165) is 0 Å². The van der Waals surface area contributed by atoms with Crippen molar-refractivity contribution in [2.45, 2.75) is 50.7 Å². The highest BCUT2D eigenvalue weighted by atomic mass is 16.7. The van der Waals surface area contributed by atoms with Crippen LogP contribution < -0.4 is 0 Å². The van der Waals surface area contributed by atoms with Gasteiger partial charge in [0.1, 0.15) is 18.3 Å². The summed E-state index contributed by atoms with van der Waals surface area (Å²) in [7, 11) is 0. The zero-order valence-corrected chi connectivity index (χ0v) is 8.98. The molecular weight excluding hydrogens is 220 g/mol. The number of rotatable bonds is 3. The molecule has 0 bridgehead atoms. The zero-order chi connectivity index (χ0) is 12.5. The van der Waals surface area contributed by atoms with Gasteiger partial charge in [-0.05, 0) is 13.8 Å². The van der Waals surface area contributed by atoms with Crippen molar-refractivity contribution in [3.63, 3.8) is 0 Å². The molecule has 16 heavy (non-hydrogen) atoms. The van der Waals surface area contributed by atoms with E-state index >= 15 is 0 Å². The highest BCUT2D eigenvalue weighted by Crippen LogP contribution is 2.23. The molecular formula is C9H16O7. The maximum Gasteiger partial charge on any atom is 0.335 e. The third kappa shape index (κ3) is 2.69. The molecule has 94 valence electrons. The third-order valence-electron chi connectivity index (χ3n) is 2.22. The summed E-state index contributed by atoms with van der Waals surface area (Å²) < 4.78 is 9.97. The highest BCUT2D eigenvalue weighted by Gasteiger charge is 2.47. The van der Waals surface area contributed by atoms with Gasteiger partial charge in [0.15, 0.2) is 12.4 Å². The number of aliphatic hydroxyl groups excluding tert-OH is 3. The number of carboxylic acids is 1. The summed E-state index contributed by atoms with van der Waals surface area (Å²) >= 11 is 0. The Hall–Kier alpha value is -0.730. The molecule has 1 saturated heterocycles. The van der Waals surface area contributed by atoms with Gasteiger partial charge in [0.05, 0.1) is 6.10 Å². The van der Waals surface area contributed by atoms with Crippen molar-refractivity contribution in [2.24, 2.45) is 0 Å². The van der Waals surface area contributed by atoms with Crippen molar-refractivity contribution in [3.05, 3.63) is 0 Å². The van der Waals surface area contributed by atoms with E-state index in [1.54, 1.807) is 13.8 Å². The van der Waals surface area contributed by atoms with Crippen LogP contribution in [-0.2, 0) is 14.3 Å². The summed E-state index contributed by atoms with van der Waals surface area (Å²) in [4.78, 5) is 10.7. The van der Waals surface area contributed by atoms with Crippen molar-refractivity contribution in [1.29, 1.82) is 0 Å². The minimum Gasteiger partial charge on any atom is -0.479 e. The summed E-state index contributed by atoms with van der Waals surface area (Å²) in [5, 5.41) is 37.0. The Morgan fingerprint density at radius 1 is 1.19 bits per heavy atom. The first-order valence-corrected chi connectivity index (χ1v) is 4.92. The highest BCUT2D eigenvalue weighted by molar-refractivity contribution is 5.73. The Morgan fingerprint density at radius 2 is 1.75 bits per heavy atom. The van der Waals surface area contributed by atoms with Gasteiger partial charge in [-0.25, -0.2) is 4.79 Å². The molecule has 0 radical (unpaired) electrons. The Balaban J connectivity index is 2.77. The van der Waals surface area contributed by atoms with Crippen LogP contribution in [0.1, 0.15) is 13.8 Å². The fraction of sp³-hybridized carbons (Fsp3) is 0.889. The average molecular weight is 236 g/mol. The molecule has 5 atom stereocenters. The predicted molar refractivity (Wildman–Crippen MR) is 50.5 cm³/mol. The maximum atomic E-state index is 10.7. The van der Waals surface area contributed by atoms with Crippen molar-refractivity contribution < 1.29 is 34.7 Å². The largest absolute Gasteiger partial charge is 0.479 e. The van der Waals surface area contributed by atoms with Crippen LogP contribution in [0.4, 0.5) is 0 Å². The normalized spacial score (nSPS) is 40.0. The summed E-state index contributed by atoms with van der Waals surface area (Å²) in [6, 6.07) is 0. The summed E-state index contributed by atoms with van der Waals surface area (Å²) in [5.41, 5.74) is 0. The molecule has 7 nitrogen and oxygen atoms in total. The number of carboxylic acid groups (broad SMARTS) is 1. The molecule has 1 heterocycles. The van der Waals surface area contributed by atoms with Crippen molar-refractivity contribution in [3.8, 4) is 0 Å². The summed E-state index contributed by atoms with van der Waals surface area (Å²) in [6.45, 7) is 3.34. The smallest absolute Gasteiger partial charge is 0.335 e. The van der Waals surface area contributed by atoms with Crippen molar-refractivity contribution >= 4 is 5.97 Å². The van der Waals surface area contributed by atoms with Crippen LogP contribution in [0.2, 0.25) is 0 Å². The SMILES string of the molecule is CC(C)OC1O[C@H](C(=O)O)[C@@H](O)[C@H](O)[C@H]1O. The summed E-state index contributed by atoms with van der Waals surface area (Å²) in [5.74, 6) is -1.42. The van der Waals surface area contributed by atoms with Crippen LogP contribution in [0.3, 0.4) is 0 Å². The summed E-state index contributed by atoms with van der Waals surface area (Å²) in [6.07, 6.45) is -7.95. The van der Waals surface area contributed by atoms with E-state index in [4.69, 9.17) is 14.6 Å². The van der Waals surface area contributed by atoms with Gasteiger partial charge in [0.25, 0.3) is 0 Å². The topological polar surface area (TPSA) is 116 Å². The molecule has 0 spiro atoms. The lowest BCUT2D eigenvalue weighted by Gasteiger charge is -2.39. The monoisotopic (exact) mass is 236 g/mol. The first-order valence-electron chi connectivity index (χ1n) is 4.92. The van der Waals surface area contributed by atoms with E-state index in [1.807, 2.05) is 0 Å². The zero-order valence-electron chi connectivity index (χ0n) is 8.98. The lowest BCUT2D eigenvalue weighted by Crippen LogP contribution is -2.60. The van der Waals surface area contributed by atoms with E-state index in [1.165, 1.54) is 0 Å². The quantitative estimate of drug-likeness (QED) is 0.461. The van der Waals surface area contributed by atoms with E-state index in [0.29, 0.717) is 0 Å². The fourth-order valence-electron chi connectivity index (χ4n) is 1.43. The van der Waals surface area contributed by atoms with Gasteiger partial charge in [0, 0.05) is 0 Å². The Labute approximate surface area is 92.2 Å². The minimum absolute atomic E-state index is 0.309. The van der Waals surface area contributed by atoms with Gasteiger partial charge < -0.3 is 29.9 Å². The van der Waals surface area contributed by atoms with Gasteiger partial charge in [0.2, 0.25) is 0 Å². The molecule has 0 aromatic rings. The number of aliphatic carboxylic acids is 1. The molecule has 1 rings (SSSR count). The van der Waals surface area contributed by atoms with Crippen molar-refractivity contribution in [1.82, 2.24) is 0 Å². The van der Waals surface area contributed by atoms with Crippen molar-refractivity contribution in [2.75, 3.05) is 0 Å². The number of carbonyl (C=O) groups is 1. The molecule has 0 aliphatic carbocycles. The molecule has 1 fully saturated rings. The lowest BCUT2D eigenvalue weighted by atomic mass is 9.99. The van der Waals surface area contributed by atoms with Crippen LogP contribution in [0.25, 0.3) is 0 Å². The molecule has 0 saturated carbocycles. The van der Waals surface area contributed by atoms with Gasteiger partial charge in [-0.1, -0.05) is 0 Å². The van der Waals surface area contributed by atoms with E-state index < -0.39 is 36.7 Å². The molecule has 4 N–H and O–H groups in total. The van der Waals surface area contributed by atoms with E-state index in [-0.39, 0.29) is 6.10 Å². The lowest BCUT2D eigenvalue weighted by molar-refractivity contribution is -0.301. The van der Waals surface area contributed by atoms with Gasteiger partial charge >= 0.3 is 5.97 Å². The average Bonchev–Trinajstić information content (AvgIpc) is 2.18. The van der Waals surface area contributed by atoms with Crippen LogP contribution in [-0.4, -0.2) is 63.2 Å². The molecule has 7 heteroatoms. The standard InChI is InChI=1S/C9H16O7/c1-3(2)15-9-6(12)4(10)5(11)7(16-9)8(13)14/h3-7,9-12H,1-2H3,(H,13,14)/t4-,5-,6+,7-,9?/m0/s1. The predicted octanol–water partition coefficient (Wildman–Crippen LogP) is -1.70. The molecule has 0 aromatic carbocycles. The second kappa shape index (κ2) is 5.07.